The zero-order valence-electron chi connectivity index (χ0n) is 14.1. The molecule has 7 nitrogen and oxygen atoms in total. The Morgan fingerprint density at radius 1 is 1.42 bits per heavy atom. The number of nitrogens with one attached hydrogen (secondary N) is 1. The number of hydrogen-bond acceptors (Lipinski definition) is 5. The number of nitro benzene ring substituents is 1. The third-order valence-corrected chi connectivity index (χ3v) is 4.45. The molecule has 0 spiro atoms. The molecule has 1 aromatic carbocycles. The number of amides is 1. The number of likely N-dealkylation sites (tertiary alicyclic amines) is 1. The molecule has 2 rings (SSSR count). The van der Waals surface area contributed by atoms with Gasteiger partial charge >= 0.3 is 0 Å². The normalized spacial score (nSPS) is 18.9. The first-order valence-electron chi connectivity index (χ1n) is 8.52. The molecule has 2 atom stereocenters. The average molecular weight is 334 g/mol. The summed E-state index contributed by atoms with van der Waals surface area (Å²) in [4.78, 5) is 24.5. The van der Waals surface area contributed by atoms with E-state index in [9.17, 15) is 14.9 Å². The summed E-state index contributed by atoms with van der Waals surface area (Å²) in [6.07, 6.45) is 4.39. The predicted molar refractivity (Wildman–Crippen MR) is 93.8 cm³/mol. The number of anilines is 1. The van der Waals surface area contributed by atoms with Crippen molar-refractivity contribution >= 4 is 17.3 Å². The molecule has 0 radical (unpaired) electrons. The first-order chi connectivity index (χ1) is 11.5. The second-order valence-corrected chi connectivity index (χ2v) is 6.34. The van der Waals surface area contributed by atoms with Crippen LogP contribution in [0.3, 0.4) is 0 Å². The summed E-state index contributed by atoms with van der Waals surface area (Å²) in [5.41, 5.74) is 6.90. The number of carbonyl (C=O) groups excluding carboxylic acids is 1. The fourth-order valence-corrected chi connectivity index (χ4v) is 3.13. The number of carbonyl (C=O) groups is 1. The second kappa shape index (κ2) is 8.63. The highest BCUT2D eigenvalue weighted by atomic mass is 16.6. The topological polar surface area (TPSA) is 102 Å². The van der Waals surface area contributed by atoms with E-state index in [1.807, 2.05) is 11.8 Å². The molecule has 0 bridgehead atoms. The van der Waals surface area contributed by atoms with Crippen molar-refractivity contribution in [1.29, 1.82) is 0 Å². The van der Waals surface area contributed by atoms with Crippen LogP contribution in [-0.4, -0.2) is 40.9 Å². The Morgan fingerprint density at radius 3 is 2.75 bits per heavy atom. The number of nitrogens with zero attached hydrogens (tertiary/aromatic N) is 2. The molecule has 1 aliphatic rings. The van der Waals surface area contributed by atoms with Crippen LogP contribution in [0, 0.1) is 10.1 Å². The van der Waals surface area contributed by atoms with Crippen molar-refractivity contribution in [1.82, 2.24) is 4.90 Å². The molecule has 1 aliphatic heterocycles. The van der Waals surface area contributed by atoms with Crippen LogP contribution < -0.4 is 11.1 Å². The smallest absolute Gasteiger partial charge is 0.269 e. The summed E-state index contributed by atoms with van der Waals surface area (Å²) in [5.74, 6) is 0.169. The first-order valence-corrected chi connectivity index (χ1v) is 8.52. The van der Waals surface area contributed by atoms with E-state index in [4.69, 9.17) is 5.73 Å². The van der Waals surface area contributed by atoms with Gasteiger partial charge in [-0.05, 0) is 44.7 Å². The van der Waals surface area contributed by atoms with Gasteiger partial charge in [0.2, 0.25) is 5.91 Å². The van der Waals surface area contributed by atoms with Gasteiger partial charge in [-0.1, -0.05) is 0 Å². The zero-order chi connectivity index (χ0) is 17.5. The quantitative estimate of drug-likeness (QED) is 0.453. The van der Waals surface area contributed by atoms with Gasteiger partial charge in [0.25, 0.3) is 5.69 Å². The van der Waals surface area contributed by atoms with Crippen molar-refractivity contribution in [3.05, 3.63) is 34.4 Å². The molecule has 1 amide bonds. The summed E-state index contributed by atoms with van der Waals surface area (Å²) in [5, 5.41) is 13.8. The Morgan fingerprint density at radius 2 is 2.12 bits per heavy atom. The molecule has 1 saturated heterocycles. The lowest BCUT2D eigenvalue weighted by Crippen LogP contribution is -2.51. The van der Waals surface area contributed by atoms with Crippen molar-refractivity contribution in [2.75, 3.05) is 18.4 Å². The summed E-state index contributed by atoms with van der Waals surface area (Å²) < 4.78 is 0. The van der Waals surface area contributed by atoms with Gasteiger partial charge in [0, 0.05) is 49.4 Å². The summed E-state index contributed by atoms with van der Waals surface area (Å²) >= 11 is 0. The molecular weight excluding hydrogens is 308 g/mol. The number of benzene rings is 1. The standard InChI is InChI=1S/C17H26N4O3/c1-13(18)16-5-2-3-12-20(16)17(22)6-4-11-19-14-7-9-15(10-8-14)21(23)24/h7-10,13,16,19H,2-6,11-12,18H2,1H3. The molecule has 1 fully saturated rings. The van der Waals surface area contributed by atoms with Crippen LogP contribution in [0.25, 0.3) is 0 Å². The van der Waals surface area contributed by atoms with E-state index in [2.05, 4.69) is 5.32 Å². The van der Waals surface area contributed by atoms with Gasteiger partial charge in [-0.15, -0.1) is 0 Å². The monoisotopic (exact) mass is 334 g/mol. The number of nitrogens with two attached hydrogens (primary N) is 1. The van der Waals surface area contributed by atoms with E-state index in [1.54, 1.807) is 12.1 Å². The van der Waals surface area contributed by atoms with Gasteiger partial charge in [-0.25, -0.2) is 0 Å². The van der Waals surface area contributed by atoms with E-state index in [-0.39, 0.29) is 23.7 Å². The minimum absolute atomic E-state index is 0.00693. The van der Waals surface area contributed by atoms with Gasteiger partial charge in [0.15, 0.2) is 0 Å². The molecule has 24 heavy (non-hydrogen) atoms. The summed E-state index contributed by atoms with van der Waals surface area (Å²) in [7, 11) is 0. The van der Waals surface area contributed by atoms with Crippen LogP contribution in [-0.2, 0) is 4.79 Å². The largest absolute Gasteiger partial charge is 0.385 e. The molecule has 1 aromatic rings. The van der Waals surface area contributed by atoms with Gasteiger partial charge in [-0.3, -0.25) is 14.9 Å². The SMILES string of the molecule is CC(N)C1CCCCN1C(=O)CCCNc1ccc([N+](=O)[O-])cc1. The lowest BCUT2D eigenvalue weighted by molar-refractivity contribution is -0.384. The Kier molecular flexibility index (Phi) is 6.54. The fraction of sp³-hybridized carbons (Fsp3) is 0.588. The highest BCUT2D eigenvalue weighted by Crippen LogP contribution is 2.20. The first kappa shape index (κ1) is 18.2. The van der Waals surface area contributed by atoms with Crippen LogP contribution in [0.5, 0.6) is 0 Å². The Balaban J connectivity index is 1.75. The molecule has 7 heteroatoms. The Bertz CT molecular complexity index is 559. The highest BCUT2D eigenvalue weighted by molar-refractivity contribution is 5.76. The number of hydrogen-bond donors (Lipinski definition) is 2. The van der Waals surface area contributed by atoms with Gasteiger partial charge in [-0.2, -0.15) is 0 Å². The van der Waals surface area contributed by atoms with Gasteiger partial charge in [0.1, 0.15) is 0 Å². The number of piperidine rings is 1. The lowest BCUT2D eigenvalue weighted by Gasteiger charge is -2.38. The van der Waals surface area contributed by atoms with Crippen molar-refractivity contribution in [3.8, 4) is 0 Å². The maximum Gasteiger partial charge on any atom is 0.269 e. The van der Waals surface area contributed by atoms with Crippen LogP contribution in [0.4, 0.5) is 11.4 Å². The third-order valence-electron chi connectivity index (χ3n) is 4.45. The number of rotatable bonds is 7. The maximum absolute atomic E-state index is 12.4. The Hall–Kier alpha value is -2.15. The van der Waals surface area contributed by atoms with Gasteiger partial charge < -0.3 is 16.0 Å². The lowest BCUT2D eigenvalue weighted by atomic mass is 9.96. The molecular formula is C17H26N4O3. The van der Waals surface area contributed by atoms with Crippen molar-refractivity contribution in [3.63, 3.8) is 0 Å². The van der Waals surface area contributed by atoms with E-state index >= 15 is 0 Å². The second-order valence-electron chi connectivity index (χ2n) is 6.34. The average Bonchev–Trinajstić information content (AvgIpc) is 2.58. The fourth-order valence-electron chi connectivity index (χ4n) is 3.13. The maximum atomic E-state index is 12.4. The molecule has 3 N–H and O–H groups in total. The molecule has 1 heterocycles. The zero-order valence-corrected chi connectivity index (χ0v) is 14.1. The van der Waals surface area contributed by atoms with Crippen LogP contribution >= 0.6 is 0 Å². The summed E-state index contributed by atoms with van der Waals surface area (Å²) in [6, 6.07) is 6.46. The predicted octanol–water partition coefficient (Wildman–Crippen LogP) is 2.52. The molecule has 2 unspecified atom stereocenters. The molecule has 132 valence electrons. The minimum atomic E-state index is -0.421. The molecule has 0 saturated carbocycles. The third kappa shape index (κ3) is 4.92. The van der Waals surface area contributed by atoms with Crippen LogP contribution in [0.2, 0.25) is 0 Å². The molecule has 0 aromatic heterocycles. The highest BCUT2D eigenvalue weighted by Gasteiger charge is 2.28. The van der Waals surface area contributed by atoms with Crippen LogP contribution in [0.15, 0.2) is 24.3 Å². The van der Waals surface area contributed by atoms with Crippen LogP contribution in [0.1, 0.15) is 39.0 Å². The van der Waals surface area contributed by atoms with Crippen molar-refractivity contribution < 1.29 is 9.72 Å². The van der Waals surface area contributed by atoms with E-state index in [1.165, 1.54) is 12.1 Å². The Labute approximate surface area is 142 Å². The van der Waals surface area contributed by atoms with E-state index < -0.39 is 4.92 Å². The number of nitro groups is 1. The van der Waals surface area contributed by atoms with Gasteiger partial charge in [0.05, 0.1) is 4.92 Å². The minimum Gasteiger partial charge on any atom is -0.385 e. The molecule has 0 aliphatic carbocycles. The van der Waals surface area contributed by atoms with E-state index in [0.717, 1.165) is 37.9 Å². The van der Waals surface area contributed by atoms with Crippen molar-refractivity contribution in [2.24, 2.45) is 5.73 Å². The van der Waals surface area contributed by atoms with E-state index in [0.29, 0.717) is 13.0 Å². The summed E-state index contributed by atoms with van der Waals surface area (Å²) in [6.45, 7) is 3.42. The number of non-ortho nitro benzene ring substituents is 1. The van der Waals surface area contributed by atoms with Crippen molar-refractivity contribution in [2.45, 2.75) is 51.1 Å².